The lowest BCUT2D eigenvalue weighted by Crippen LogP contribution is -2.27. The fourth-order valence-corrected chi connectivity index (χ4v) is 3.69. The zero-order chi connectivity index (χ0) is 18.5. The molecule has 24 heavy (non-hydrogen) atoms. The normalized spacial score (nSPS) is 13.3. The Morgan fingerprint density at radius 2 is 1.50 bits per heavy atom. The van der Waals surface area contributed by atoms with Gasteiger partial charge in [-0.3, -0.25) is 4.68 Å². The number of hydrogen-bond donors (Lipinski definition) is 1. The third-order valence-corrected chi connectivity index (χ3v) is 6.47. The molecule has 0 atom stereocenters. The van der Waals surface area contributed by atoms with Gasteiger partial charge in [-0.05, 0) is 60.6 Å². The molecule has 0 aliphatic carbocycles. The van der Waals surface area contributed by atoms with Crippen LogP contribution in [0.25, 0.3) is 11.3 Å². The largest absolute Gasteiger partial charge is 0.504 e. The topological polar surface area (TPSA) is 72.2 Å². The number of hydrogen-bond acceptors (Lipinski definition) is 4. The molecular weight excluding hydrogens is 324 g/mol. The molecule has 2 aromatic rings. The molecule has 2 rings (SSSR count). The molecule has 0 bridgehead atoms. The van der Waals surface area contributed by atoms with Crippen LogP contribution in [-0.4, -0.2) is 28.1 Å². The van der Waals surface area contributed by atoms with Crippen molar-refractivity contribution in [2.24, 2.45) is 0 Å². The molecule has 0 spiro atoms. The van der Waals surface area contributed by atoms with Gasteiger partial charge in [0, 0.05) is 5.56 Å². The van der Waals surface area contributed by atoms with Gasteiger partial charge < -0.3 is 5.11 Å². The first kappa shape index (κ1) is 18.5. The molecule has 5 nitrogen and oxygen atoms in total. The van der Waals surface area contributed by atoms with E-state index in [0.29, 0.717) is 17.0 Å². The van der Waals surface area contributed by atoms with Crippen LogP contribution < -0.4 is 0 Å². The molecule has 0 aliphatic rings. The van der Waals surface area contributed by atoms with E-state index in [4.69, 9.17) is 0 Å². The lowest BCUT2D eigenvalue weighted by molar-refractivity contribution is 0.345. The quantitative estimate of drug-likeness (QED) is 0.892. The smallest absolute Gasteiger partial charge is 0.183 e. The molecule has 0 unspecified atom stereocenters. The second-order valence-electron chi connectivity index (χ2n) is 8.01. The van der Waals surface area contributed by atoms with Crippen molar-refractivity contribution in [1.29, 1.82) is 0 Å². The molecule has 1 aromatic carbocycles. The van der Waals surface area contributed by atoms with Crippen LogP contribution >= 0.6 is 0 Å². The summed E-state index contributed by atoms with van der Waals surface area (Å²) < 4.78 is 25.9. The number of aromatic nitrogens is 2. The molecule has 132 valence electrons. The molecule has 1 heterocycles. The van der Waals surface area contributed by atoms with Gasteiger partial charge >= 0.3 is 0 Å². The Labute approximate surface area is 144 Å². The standard InChI is InChI=1S/C18H26N2O3S/c1-12-16(21)15(19-20(12)17(2,3)4)13-8-10-14(11-9-13)24(22,23)18(5,6)7/h8-11,21H,1-7H3. The van der Waals surface area contributed by atoms with Crippen LogP contribution in [0.15, 0.2) is 29.2 Å². The highest BCUT2D eigenvalue weighted by Gasteiger charge is 2.31. The van der Waals surface area contributed by atoms with Gasteiger partial charge in [0.2, 0.25) is 0 Å². The minimum absolute atomic E-state index is 0.122. The summed E-state index contributed by atoms with van der Waals surface area (Å²) in [7, 11) is -3.40. The average Bonchev–Trinajstić information content (AvgIpc) is 2.74. The summed E-state index contributed by atoms with van der Waals surface area (Å²) in [6.45, 7) is 12.9. The van der Waals surface area contributed by atoms with Crippen molar-refractivity contribution < 1.29 is 13.5 Å². The Kier molecular flexibility index (Phi) is 4.34. The summed E-state index contributed by atoms with van der Waals surface area (Å²) in [6, 6.07) is 6.52. The summed E-state index contributed by atoms with van der Waals surface area (Å²) in [4.78, 5) is 0.269. The van der Waals surface area contributed by atoms with E-state index in [0.717, 1.165) is 0 Å². The SMILES string of the molecule is Cc1c(O)c(-c2ccc(S(=O)(=O)C(C)(C)C)cc2)nn1C(C)(C)C. The highest BCUT2D eigenvalue weighted by Crippen LogP contribution is 2.35. The summed E-state index contributed by atoms with van der Waals surface area (Å²) in [5.74, 6) is 0.122. The predicted octanol–water partition coefficient (Wildman–Crippen LogP) is 3.89. The van der Waals surface area contributed by atoms with E-state index in [1.54, 1.807) is 49.7 Å². The maximum atomic E-state index is 12.5. The van der Waals surface area contributed by atoms with E-state index < -0.39 is 14.6 Å². The van der Waals surface area contributed by atoms with Crippen LogP contribution in [0.5, 0.6) is 5.75 Å². The Morgan fingerprint density at radius 1 is 1.00 bits per heavy atom. The fraction of sp³-hybridized carbons (Fsp3) is 0.500. The zero-order valence-corrected chi connectivity index (χ0v) is 16.2. The summed E-state index contributed by atoms with van der Waals surface area (Å²) in [6.07, 6.45) is 0. The third kappa shape index (κ3) is 3.07. The maximum absolute atomic E-state index is 12.5. The number of rotatable bonds is 2. The molecule has 6 heteroatoms. The molecule has 0 fully saturated rings. The molecule has 1 aromatic heterocycles. The van der Waals surface area contributed by atoms with Crippen molar-refractivity contribution >= 4 is 9.84 Å². The van der Waals surface area contributed by atoms with Gasteiger partial charge in [0.25, 0.3) is 0 Å². The first-order valence-corrected chi connectivity index (χ1v) is 9.39. The van der Waals surface area contributed by atoms with Crippen molar-refractivity contribution in [3.05, 3.63) is 30.0 Å². The number of benzene rings is 1. The molecule has 0 saturated heterocycles. The average molecular weight is 350 g/mol. The Balaban J connectivity index is 2.51. The van der Waals surface area contributed by atoms with Gasteiger partial charge in [0.15, 0.2) is 15.6 Å². The Morgan fingerprint density at radius 3 is 1.88 bits per heavy atom. The van der Waals surface area contributed by atoms with E-state index in [1.165, 1.54) is 0 Å². The molecule has 1 N–H and O–H groups in total. The van der Waals surface area contributed by atoms with Crippen molar-refractivity contribution in [3.63, 3.8) is 0 Å². The zero-order valence-electron chi connectivity index (χ0n) is 15.4. The number of aromatic hydroxyl groups is 1. The summed E-state index contributed by atoms with van der Waals surface area (Å²) in [5.41, 5.74) is 1.58. The maximum Gasteiger partial charge on any atom is 0.183 e. The van der Waals surface area contributed by atoms with Crippen LogP contribution in [0.1, 0.15) is 47.2 Å². The monoisotopic (exact) mass is 350 g/mol. The molecule has 0 aliphatic heterocycles. The van der Waals surface area contributed by atoms with Crippen LogP contribution in [0.3, 0.4) is 0 Å². The fourth-order valence-electron chi connectivity index (χ4n) is 2.49. The second-order valence-corrected chi connectivity index (χ2v) is 10.7. The molecule has 0 amide bonds. The van der Waals surface area contributed by atoms with Crippen LogP contribution in [0.4, 0.5) is 0 Å². The number of nitrogens with zero attached hydrogens (tertiary/aromatic N) is 2. The van der Waals surface area contributed by atoms with E-state index in [2.05, 4.69) is 5.10 Å². The van der Waals surface area contributed by atoms with Gasteiger partial charge in [0.05, 0.1) is 20.9 Å². The third-order valence-electron chi connectivity index (χ3n) is 3.96. The van der Waals surface area contributed by atoms with Crippen LogP contribution in [0.2, 0.25) is 0 Å². The highest BCUT2D eigenvalue weighted by molar-refractivity contribution is 7.92. The molecule has 0 radical (unpaired) electrons. The summed E-state index contributed by atoms with van der Waals surface area (Å²) >= 11 is 0. The Bertz CT molecular complexity index is 849. The van der Waals surface area contributed by atoms with Crippen molar-refractivity contribution in [1.82, 2.24) is 9.78 Å². The highest BCUT2D eigenvalue weighted by atomic mass is 32.2. The van der Waals surface area contributed by atoms with Crippen molar-refractivity contribution in [2.45, 2.75) is 63.6 Å². The van der Waals surface area contributed by atoms with Crippen molar-refractivity contribution in [3.8, 4) is 17.0 Å². The first-order chi connectivity index (χ1) is 10.8. The summed E-state index contributed by atoms with van der Waals surface area (Å²) in [5, 5.41) is 14.9. The lowest BCUT2D eigenvalue weighted by atomic mass is 10.1. The van der Waals surface area contributed by atoms with E-state index in [-0.39, 0.29) is 16.2 Å². The van der Waals surface area contributed by atoms with E-state index in [1.807, 2.05) is 27.7 Å². The van der Waals surface area contributed by atoms with Gasteiger partial charge in [-0.15, -0.1) is 0 Å². The van der Waals surface area contributed by atoms with Crippen molar-refractivity contribution in [2.75, 3.05) is 0 Å². The molecular formula is C18H26N2O3S. The number of sulfone groups is 1. The van der Waals surface area contributed by atoms with E-state index in [9.17, 15) is 13.5 Å². The van der Waals surface area contributed by atoms with Crippen LogP contribution in [0, 0.1) is 6.92 Å². The lowest BCUT2D eigenvalue weighted by Gasteiger charge is -2.21. The van der Waals surface area contributed by atoms with E-state index >= 15 is 0 Å². The van der Waals surface area contributed by atoms with Gasteiger partial charge in [-0.2, -0.15) is 5.10 Å². The van der Waals surface area contributed by atoms with Gasteiger partial charge in [-0.1, -0.05) is 12.1 Å². The minimum atomic E-state index is -3.40. The minimum Gasteiger partial charge on any atom is -0.504 e. The van der Waals surface area contributed by atoms with Crippen LogP contribution in [-0.2, 0) is 15.4 Å². The Hall–Kier alpha value is -1.82. The predicted molar refractivity (Wildman–Crippen MR) is 96.0 cm³/mol. The van der Waals surface area contributed by atoms with Gasteiger partial charge in [0.1, 0.15) is 5.69 Å². The van der Waals surface area contributed by atoms with Gasteiger partial charge in [-0.25, -0.2) is 8.42 Å². The first-order valence-electron chi connectivity index (χ1n) is 7.91. The molecule has 0 saturated carbocycles. The second kappa shape index (κ2) is 5.62.